The second-order valence-electron chi connectivity index (χ2n) is 3.28. The molecule has 1 aromatic heterocycles. The van der Waals surface area contributed by atoms with E-state index in [1.165, 1.54) is 23.3 Å². The lowest BCUT2D eigenvalue weighted by Gasteiger charge is -1.95. The smallest absolute Gasteiger partial charge is 0.242 e. The maximum Gasteiger partial charge on any atom is 0.242 e. The van der Waals surface area contributed by atoms with Crippen LogP contribution >= 0.6 is 11.6 Å². The van der Waals surface area contributed by atoms with E-state index in [1.807, 2.05) is 12.1 Å². The molecule has 0 spiro atoms. The minimum atomic E-state index is -0.537. The summed E-state index contributed by atoms with van der Waals surface area (Å²) in [7, 11) is 0. The number of hydrogen-bond donors (Lipinski definition) is 1. The molecule has 1 heterocycles. The Bertz CT molecular complexity index is 576. The molecule has 2 aromatic rings. The molecule has 0 aliphatic rings. The quantitative estimate of drug-likeness (QED) is 0.838. The molecule has 6 heteroatoms. The second-order valence-corrected chi connectivity index (χ2v) is 3.71. The van der Waals surface area contributed by atoms with Crippen molar-refractivity contribution >= 4 is 23.7 Å². The zero-order valence-electron chi connectivity index (χ0n) is 8.75. The summed E-state index contributed by atoms with van der Waals surface area (Å²) >= 11 is 5.87. The van der Waals surface area contributed by atoms with Crippen molar-refractivity contribution in [3.8, 4) is 11.4 Å². The Kier molecular flexibility index (Phi) is 3.20. The number of primary amides is 1. The number of halogens is 1. The van der Waals surface area contributed by atoms with E-state index < -0.39 is 5.91 Å². The Hall–Kier alpha value is -2.14. The van der Waals surface area contributed by atoms with Crippen molar-refractivity contribution in [1.82, 2.24) is 14.8 Å². The van der Waals surface area contributed by atoms with Crippen LogP contribution in [0.5, 0.6) is 0 Å². The zero-order valence-corrected chi connectivity index (χ0v) is 9.50. The van der Waals surface area contributed by atoms with Gasteiger partial charge in [-0.3, -0.25) is 4.79 Å². The molecule has 0 aliphatic carbocycles. The third kappa shape index (κ3) is 2.92. The highest BCUT2D eigenvalue weighted by molar-refractivity contribution is 6.30. The molecule has 5 nitrogen and oxygen atoms in total. The number of nitrogens with zero attached hydrogens (tertiary/aromatic N) is 3. The lowest BCUT2D eigenvalue weighted by Crippen LogP contribution is -2.06. The van der Waals surface area contributed by atoms with Gasteiger partial charge in [-0.15, -0.1) is 5.10 Å². The standard InChI is InChI=1S/C11H9ClN4O/c12-9-3-1-2-8(6-9)11-14-7-16(15-11)5-4-10(13)17/h1-7H,(H2,13,17)/b5-4+. The van der Waals surface area contributed by atoms with Crippen molar-refractivity contribution in [2.45, 2.75) is 0 Å². The van der Waals surface area contributed by atoms with Gasteiger partial charge in [0.2, 0.25) is 5.91 Å². The summed E-state index contributed by atoms with van der Waals surface area (Å²) in [6.07, 6.45) is 4.12. The van der Waals surface area contributed by atoms with Gasteiger partial charge in [0.1, 0.15) is 6.33 Å². The lowest BCUT2D eigenvalue weighted by molar-refractivity contribution is -0.113. The van der Waals surface area contributed by atoms with Gasteiger partial charge < -0.3 is 5.73 Å². The van der Waals surface area contributed by atoms with Crippen LogP contribution in [-0.2, 0) is 4.79 Å². The molecule has 17 heavy (non-hydrogen) atoms. The number of nitrogens with two attached hydrogens (primary N) is 1. The highest BCUT2D eigenvalue weighted by Gasteiger charge is 2.03. The number of rotatable bonds is 3. The van der Waals surface area contributed by atoms with Gasteiger partial charge in [0.25, 0.3) is 0 Å². The fourth-order valence-electron chi connectivity index (χ4n) is 1.26. The van der Waals surface area contributed by atoms with E-state index in [0.29, 0.717) is 10.8 Å². The average Bonchev–Trinajstić information content (AvgIpc) is 2.75. The van der Waals surface area contributed by atoms with Crippen LogP contribution in [0.2, 0.25) is 5.02 Å². The van der Waals surface area contributed by atoms with Crippen LogP contribution in [0.4, 0.5) is 0 Å². The van der Waals surface area contributed by atoms with Gasteiger partial charge in [-0.2, -0.15) is 0 Å². The molecule has 0 aliphatic heterocycles. The molecule has 2 N–H and O–H groups in total. The van der Waals surface area contributed by atoms with E-state index in [-0.39, 0.29) is 0 Å². The van der Waals surface area contributed by atoms with E-state index in [9.17, 15) is 4.79 Å². The van der Waals surface area contributed by atoms with Gasteiger partial charge in [-0.05, 0) is 12.1 Å². The molecule has 1 aromatic carbocycles. The Balaban J connectivity index is 2.27. The topological polar surface area (TPSA) is 73.8 Å². The summed E-state index contributed by atoms with van der Waals surface area (Å²) < 4.78 is 1.40. The summed E-state index contributed by atoms with van der Waals surface area (Å²) in [5.74, 6) is -0.00794. The molecule has 0 fully saturated rings. The number of amides is 1. The molecule has 0 bridgehead atoms. The minimum Gasteiger partial charge on any atom is -0.366 e. The molecule has 0 radical (unpaired) electrons. The minimum absolute atomic E-state index is 0.529. The van der Waals surface area contributed by atoms with Crippen LogP contribution in [0, 0.1) is 0 Å². The van der Waals surface area contributed by atoms with Gasteiger partial charge in [0, 0.05) is 22.9 Å². The second kappa shape index (κ2) is 4.80. The van der Waals surface area contributed by atoms with Crippen molar-refractivity contribution in [3.63, 3.8) is 0 Å². The first-order valence-electron chi connectivity index (χ1n) is 4.80. The van der Waals surface area contributed by atoms with Crippen LogP contribution in [0.3, 0.4) is 0 Å². The maximum atomic E-state index is 10.6. The average molecular weight is 249 g/mol. The lowest BCUT2D eigenvalue weighted by atomic mass is 10.2. The molecule has 0 unspecified atom stereocenters. The van der Waals surface area contributed by atoms with Crippen molar-refractivity contribution < 1.29 is 4.79 Å². The van der Waals surface area contributed by atoms with Crippen molar-refractivity contribution in [2.24, 2.45) is 5.73 Å². The van der Waals surface area contributed by atoms with Gasteiger partial charge in [0.15, 0.2) is 5.82 Å². The molecule has 0 atom stereocenters. The van der Waals surface area contributed by atoms with Crippen LogP contribution < -0.4 is 5.73 Å². The maximum absolute atomic E-state index is 10.6. The van der Waals surface area contributed by atoms with Crippen LogP contribution in [0.25, 0.3) is 17.6 Å². The van der Waals surface area contributed by atoms with Gasteiger partial charge in [0.05, 0.1) is 0 Å². The molecule has 0 saturated heterocycles. The van der Waals surface area contributed by atoms with Crippen LogP contribution in [0.1, 0.15) is 0 Å². The summed E-state index contributed by atoms with van der Waals surface area (Å²) in [5.41, 5.74) is 5.78. The number of carbonyl (C=O) groups is 1. The zero-order chi connectivity index (χ0) is 12.3. The molecule has 86 valence electrons. The monoisotopic (exact) mass is 248 g/mol. The first kappa shape index (κ1) is 11.3. The van der Waals surface area contributed by atoms with Gasteiger partial charge >= 0.3 is 0 Å². The third-order valence-corrected chi connectivity index (χ3v) is 2.22. The number of carbonyl (C=O) groups excluding carboxylic acids is 1. The number of hydrogen-bond acceptors (Lipinski definition) is 3. The molecule has 2 rings (SSSR count). The first-order valence-corrected chi connectivity index (χ1v) is 5.17. The summed E-state index contributed by atoms with van der Waals surface area (Å²) in [6.45, 7) is 0. The highest BCUT2D eigenvalue weighted by atomic mass is 35.5. The Morgan fingerprint density at radius 2 is 2.29 bits per heavy atom. The summed E-state index contributed by atoms with van der Waals surface area (Å²) in [4.78, 5) is 14.6. The largest absolute Gasteiger partial charge is 0.366 e. The van der Waals surface area contributed by atoms with E-state index in [4.69, 9.17) is 17.3 Å². The highest BCUT2D eigenvalue weighted by Crippen LogP contribution is 2.18. The van der Waals surface area contributed by atoms with E-state index in [0.717, 1.165) is 5.56 Å². The third-order valence-electron chi connectivity index (χ3n) is 1.98. The predicted molar refractivity (Wildman–Crippen MR) is 65.0 cm³/mol. The summed E-state index contributed by atoms with van der Waals surface area (Å²) in [5, 5.41) is 4.76. The number of benzene rings is 1. The first-order chi connectivity index (χ1) is 8.15. The Morgan fingerprint density at radius 3 is 3.00 bits per heavy atom. The van der Waals surface area contributed by atoms with E-state index >= 15 is 0 Å². The van der Waals surface area contributed by atoms with E-state index in [1.54, 1.807) is 12.1 Å². The van der Waals surface area contributed by atoms with Crippen LogP contribution in [0.15, 0.2) is 36.7 Å². The predicted octanol–water partition coefficient (Wildman–Crippen LogP) is 1.55. The molecule has 1 amide bonds. The SMILES string of the molecule is NC(=O)/C=C/n1cnc(-c2cccc(Cl)c2)n1. The van der Waals surface area contributed by atoms with Crippen LogP contribution in [-0.4, -0.2) is 20.7 Å². The van der Waals surface area contributed by atoms with Gasteiger partial charge in [-0.1, -0.05) is 23.7 Å². The number of aromatic nitrogens is 3. The fourth-order valence-corrected chi connectivity index (χ4v) is 1.45. The fraction of sp³-hybridized carbons (Fsp3) is 0. The van der Waals surface area contributed by atoms with Crippen molar-refractivity contribution in [3.05, 3.63) is 41.7 Å². The normalized spacial score (nSPS) is 10.9. The van der Waals surface area contributed by atoms with Crippen molar-refractivity contribution in [2.75, 3.05) is 0 Å². The molecular formula is C11H9ClN4O. The Morgan fingerprint density at radius 1 is 1.47 bits per heavy atom. The summed E-state index contributed by atoms with van der Waals surface area (Å²) in [6, 6.07) is 7.20. The molecular weight excluding hydrogens is 240 g/mol. The van der Waals surface area contributed by atoms with Crippen molar-refractivity contribution in [1.29, 1.82) is 0 Å². The molecule has 0 saturated carbocycles. The Labute approximate surface area is 103 Å². The van der Waals surface area contributed by atoms with Gasteiger partial charge in [-0.25, -0.2) is 9.67 Å². The van der Waals surface area contributed by atoms with E-state index in [2.05, 4.69) is 10.1 Å².